The van der Waals surface area contributed by atoms with E-state index in [0.717, 1.165) is 36.4 Å². The molecular formula is C14H23BrN4O. The monoisotopic (exact) mass is 342 g/mol. The van der Waals surface area contributed by atoms with Gasteiger partial charge in [0, 0.05) is 25.6 Å². The molecule has 0 fully saturated rings. The van der Waals surface area contributed by atoms with Gasteiger partial charge in [-0.2, -0.15) is 0 Å². The molecule has 1 N–H and O–H groups in total. The Balaban J connectivity index is 2.79. The average molecular weight is 343 g/mol. The first kappa shape index (κ1) is 16.9. The number of nitrogens with one attached hydrogen (secondary N) is 1. The van der Waals surface area contributed by atoms with Crippen molar-refractivity contribution in [1.82, 2.24) is 14.9 Å². The molecule has 1 heterocycles. The molecule has 1 atom stereocenters. The summed E-state index contributed by atoms with van der Waals surface area (Å²) < 4.78 is 0.737. The summed E-state index contributed by atoms with van der Waals surface area (Å²) in [4.78, 5) is 22.8. The number of aromatic nitrogens is 2. The predicted molar refractivity (Wildman–Crippen MR) is 84.7 cm³/mol. The zero-order chi connectivity index (χ0) is 15.1. The van der Waals surface area contributed by atoms with Crippen LogP contribution in [0.25, 0.3) is 0 Å². The first-order valence-electron chi connectivity index (χ1n) is 7.10. The summed E-state index contributed by atoms with van der Waals surface area (Å²) in [7, 11) is 0. The van der Waals surface area contributed by atoms with E-state index in [0.29, 0.717) is 5.82 Å². The first-order valence-corrected chi connectivity index (χ1v) is 7.89. The SMILES string of the molecule is CCCc1nc(Br)cc(NC(C)C(=O)N(CC)CC)n1. The second-order valence-corrected chi connectivity index (χ2v) is 5.43. The molecule has 6 heteroatoms. The highest BCUT2D eigenvalue weighted by atomic mass is 79.9. The summed E-state index contributed by atoms with van der Waals surface area (Å²) >= 11 is 3.38. The summed E-state index contributed by atoms with van der Waals surface area (Å²) in [5.41, 5.74) is 0. The van der Waals surface area contributed by atoms with Gasteiger partial charge in [-0.1, -0.05) is 6.92 Å². The van der Waals surface area contributed by atoms with Gasteiger partial charge in [0.2, 0.25) is 5.91 Å². The van der Waals surface area contributed by atoms with Gasteiger partial charge in [0.1, 0.15) is 22.3 Å². The number of halogens is 1. The van der Waals surface area contributed by atoms with Crippen molar-refractivity contribution in [3.8, 4) is 0 Å². The Morgan fingerprint density at radius 1 is 1.35 bits per heavy atom. The van der Waals surface area contributed by atoms with Gasteiger partial charge in [-0.15, -0.1) is 0 Å². The summed E-state index contributed by atoms with van der Waals surface area (Å²) in [6, 6.07) is 1.50. The lowest BCUT2D eigenvalue weighted by atomic mass is 10.2. The van der Waals surface area contributed by atoms with Gasteiger partial charge in [-0.25, -0.2) is 9.97 Å². The average Bonchev–Trinajstić information content (AvgIpc) is 2.39. The third-order valence-electron chi connectivity index (χ3n) is 3.02. The maximum absolute atomic E-state index is 12.2. The van der Waals surface area contributed by atoms with Gasteiger partial charge in [-0.05, 0) is 43.1 Å². The minimum absolute atomic E-state index is 0.0850. The van der Waals surface area contributed by atoms with E-state index in [1.54, 1.807) is 11.0 Å². The zero-order valence-corrected chi connectivity index (χ0v) is 14.2. The summed E-state index contributed by atoms with van der Waals surface area (Å²) in [5.74, 6) is 1.55. The Morgan fingerprint density at radius 2 is 2.00 bits per heavy atom. The van der Waals surface area contributed by atoms with Crippen LogP contribution < -0.4 is 5.32 Å². The summed E-state index contributed by atoms with van der Waals surface area (Å²) in [6.07, 6.45) is 1.82. The standard InChI is InChI=1S/C14H23BrN4O/c1-5-8-12-17-11(15)9-13(18-12)16-10(4)14(20)19(6-2)7-3/h9-10H,5-8H2,1-4H3,(H,16,17,18). The normalized spacial score (nSPS) is 12.1. The van der Waals surface area contributed by atoms with Crippen LogP contribution >= 0.6 is 15.9 Å². The van der Waals surface area contributed by atoms with Crippen LogP contribution in [0.1, 0.15) is 39.9 Å². The van der Waals surface area contributed by atoms with Crippen LogP contribution in [0.15, 0.2) is 10.7 Å². The van der Waals surface area contributed by atoms with E-state index in [1.807, 2.05) is 20.8 Å². The number of amides is 1. The fourth-order valence-electron chi connectivity index (χ4n) is 1.97. The number of hydrogen-bond donors (Lipinski definition) is 1. The first-order chi connectivity index (χ1) is 9.51. The van der Waals surface area contributed by atoms with E-state index in [4.69, 9.17) is 0 Å². The Bertz CT molecular complexity index is 449. The minimum atomic E-state index is -0.300. The number of nitrogens with zero attached hydrogens (tertiary/aromatic N) is 3. The Kier molecular flexibility index (Phi) is 6.91. The molecule has 0 aliphatic rings. The molecule has 0 aliphatic heterocycles. The molecule has 1 aromatic heterocycles. The molecule has 0 aliphatic carbocycles. The molecule has 0 spiro atoms. The second-order valence-electron chi connectivity index (χ2n) is 4.62. The van der Waals surface area contributed by atoms with Crippen molar-refractivity contribution in [1.29, 1.82) is 0 Å². The largest absolute Gasteiger partial charge is 0.358 e. The molecule has 0 aromatic carbocycles. The van der Waals surface area contributed by atoms with E-state index in [1.165, 1.54) is 0 Å². The van der Waals surface area contributed by atoms with Gasteiger partial charge in [0.25, 0.3) is 0 Å². The molecule has 1 unspecified atom stereocenters. The maximum atomic E-state index is 12.2. The van der Waals surface area contributed by atoms with E-state index in [9.17, 15) is 4.79 Å². The number of hydrogen-bond acceptors (Lipinski definition) is 4. The number of carbonyl (C=O) groups excluding carboxylic acids is 1. The smallest absolute Gasteiger partial charge is 0.244 e. The third kappa shape index (κ3) is 4.74. The number of likely N-dealkylation sites (N-methyl/N-ethyl adjacent to an activating group) is 1. The minimum Gasteiger partial charge on any atom is -0.358 e. The number of aryl methyl sites for hydroxylation is 1. The van der Waals surface area contributed by atoms with Crippen LogP contribution in [-0.4, -0.2) is 39.9 Å². The zero-order valence-electron chi connectivity index (χ0n) is 12.6. The molecule has 0 saturated carbocycles. The maximum Gasteiger partial charge on any atom is 0.244 e. The molecular weight excluding hydrogens is 320 g/mol. The molecule has 0 bridgehead atoms. The van der Waals surface area contributed by atoms with Crippen molar-refractivity contribution >= 4 is 27.7 Å². The molecule has 1 aromatic rings. The van der Waals surface area contributed by atoms with Gasteiger partial charge >= 0.3 is 0 Å². The van der Waals surface area contributed by atoms with Gasteiger partial charge in [0.05, 0.1) is 0 Å². The number of anilines is 1. The fourth-order valence-corrected chi connectivity index (χ4v) is 2.39. The van der Waals surface area contributed by atoms with Gasteiger partial charge in [0.15, 0.2) is 0 Å². The van der Waals surface area contributed by atoms with E-state index >= 15 is 0 Å². The Morgan fingerprint density at radius 3 is 2.55 bits per heavy atom. The van der Waals surface area contributed by atoms with Gasteiger partial charge < -0.3 is 10.2 Å². The van der Waals surface area contributed by atoms with Gasteiger partial charge in [-0.3, -0.25) is 4.79 Å². The van der Waals surface area contributed by atoms with Crippen molar-refractivity contribution in [3.63, 3.8) is 0 Å². The van der Waals surface area contributed by atoms with Crippen LogP contribution in [0.2, 0.25) is 0 Å². The highest BCUT2D eigenvalue weighted by Crippen LogP contribution is 2.14. The lowest BCUT2D eigenvalue weighted by molar-refractivity contribution is -0.131. The van der Waals surface area contributed by atoms with Crippen molar-refractivity contribution in [2.24, 2.45) is 0 Å². The van der Waals surface area contributed by atoms with Crippen molar-refractivity contribution in [2.75, 3.05) is 18.4 Å². The van der Waals surface area contributed by atoms with Crippen LogP contribution in [0, 0.1) is 0 Å². The molecule has 112 valence electrons. The highest BCUT2D eigenvalue weighted by Gasteiger charge is 2.18. The molecule has 20 heavy (non-hydrogen) atoms. The third-order valence-corrected chi connectivity index (χ3v) is 3.43. The summed E-state index contributed by atoms with van der Waals surface area (Å²) in [5, 5.41) is 3.16. The quantitative estimate of drug-likeness (QED) is 0.774. The molecule has 0 radical (unpaired) electrons. The van der Waals surface area contributed by atoms with Crippen LogP contribution in [0.4, 0.5) is 5.82 Å². The molecule has 1 rings (SSSR count). The highest BCUT2D eigenvalue weighted by molar-refractivity contribution is 9.10. The van der Waals surface area contributed by atoms with Crippen LogP contribution in [0.3, 0.4) is 0 Å². The molecule has 1 amide bonds. The van der Waals surface area contributed by atoms with E-state index in [-0.39, 0.29) is 11.9 Å². The van der Waals surface area contributed by atoms with Crippen molar-refractivity contribution in [3.05, 3.63) is 16.5 Å². The number of carbonyl (C=O) groups is 1. The lowest BCUT2D eigenvalue weighted by Crippen LogP contribution is -2.41. The summed E-state index contributed by atoms with van der Waals surface area (Å²) in [6.45, 7) is 9.34. The molecule has 5 nitrogen and oxygen atoms in total. The Hall–Kier alpha value is -1.17. The van der Waals surface area contributed by atoms with Crippen LogP contribution in [-0.2, 0) is 11.2 Å². The second kappa shape index (κ2) is 8.19. The Labute approximate surface area is 129 Å². The van der Waals surface area contributed by atoms with E-state index < -0.39 is 0 Å². The van der Waals surface area contributed by atoms with Crippen molar-refractivity contribution < 1.29 is 4.79 Å². The van der Waals surface area contributed by atoms with Crippen molar-refractivity contribution in [2.45, 2.75) is 46.6 Å². The predicted octanol–water partition coefficient (Wildman–Crippen LogP) is 2.86. The topological polar surface area (TPSA) is 58.1 Å². The molecule has 0 saturated heterocycles. The van der Waals surface area contributed by atoms with E-state index in [2.05, 4.69) is 38.1 Å². The number of rotatable bonds is 7. The fraction of sp³-hybridized carbons (Fsp3) is 0.643. The lowest BCUT2D eigenvalue weighted by Gasteiger charge is -2.23. The van der Waals surface area contributed by atoms with Crippen LogP contribution in [0.5, 0.6) is 0 Å².